The monoisotopic (exact) mass is 258 g/mol. The van der Waals surface area contributed by atoms with E-state index in [-0.39, 0.29) is 5.82 Å². The second kappa shape index (κ2) is 5.22. The largest absolute Gasteiger partial charge is 0.367 e. The van der Waals surface area contributed by atoms with Crippen LogP contribution in [0.15, 0.2) is 36.7 Å². The molecule has 0 unspecified atom stereocenters. The summed E-state index contributed by atoms with van der Waals surface area (Å²) >= 11 is 0. The zero-order valence-electron chi connectivity index (χ0n) is 10.4. The van der Waals surface area contributed by atoms with Gasteiger partial charge < -0.3 is 10.6 Å². The molecule has 0 amide bonds. The third-order valence-corrected chi connectivity index (χ3v) is 3.01. The summed E-state index contributed by atoms with van der Waals surface area (Å²) in [6, 6.07) is 9.11. The summed E-state index contributed by atoms with van der Waals surface area (Å²) in [7, 11) is 0. The normalized spacial score (nSPS) is 14.2. The molecule has 1 aliphatic rings. The summed E-state index contributed by atoms with van der Waals surface area (Å²) in [4.78, 5) is 8.28. The van der Waals surface area contributed by atoms with E-state index in [1.165, 1.54) is 25.2 Å². The van der Waals surface area contributed by atoms with Crippen LogP contribution in [0, 0.1) is 5.82 Å². The number of nitrogens with zero attached hydrogens (tertiary/aromatic N) is 2. The van der Waals surface area contributed by atoms with Crippen LogP contribution < -0.4 is 10.6 Å². The Labute approximate surface area is 111 Å². The molecule has 1 aliphatic carbocycles. The van der Waals surface area contributed by atoms with Gasteiger partial charge in [-0.2, -0.15) is 0 Å². The minimum absolute atomic E-state index is 0.208. The molecule has 0 spiro atoms. The summed E-state index contributed by atoms with van der Waals surface area (Å²) < 4.78 is 13.5. The highest BCUT2D eigenvalue weighted by molar-refractivity contribution is 5.47. The summed E-state index contributed by atoms with van der Waals surface area (Å²) in [5, 5.41) is 6.41. The van der Waals surface area contributed by atoms with E-state index in [0.717, 1.165) is 5.82 Å². The Kier molecular flexibility index (Phi) is 3.27. The lowest BCUT2D eigenvalue weighted by Gasteiger charge is -2.08. The first-order chi connectivity index (χ1) is 9.31. The van der Waals surface area contributed by atoms with Crippen LogP contribution in [0.3, 0.4) is 0 Å². The molecular formula is C14H15FN4. The zero-order valence-corrected chi connectivity index (χ0v) is 10.4. The number of nitrogens with one attached hydrogen (secondary N) is 2. The van der Waals surface area contributed by atoms with E-state index >= 15 is 0 Å². The molecular weight excluding hydrogens is 243 g/mol. The van der Waals surface area contributed by atoms with Gasteiger partial charge in [0.2, 0.25) is 0 Å². The Hall–Kier alpha value is -2.17. The van der Waals surface area contributed by atoms with Crippen LogP contribution in [0.25, 0.3) is 0 Å². The number of halogens is 1. The lowest BCUT2D eigenvalue weighted by molar-refractivity contribution is 0.613. The van der Waals surface area contributed by atoms with Crippen LogP contribution in [0.1, 0.15) is 18.4 Å². The maximum Gasteiger partial charge on any atom is 0.131 e. The predicted octanol–water partition coefficient (Wildman–Crippen LogP) is 2.80. The molecule has 1 saturated carbocycles. The van der Waals surface area contributed by atoms with Gasteiger partial charge in [0.15, 0.2) is 0 Å². The number of hydrogen-bond acceptors (Lipinski definition) is 4. The molecule has 1 heterocycles. The molecule has 2 aromatic rings. The number of rotatable bonds is 5. The predicted molar refractivity (Wildman–Crippen MR) is 72.4 cm³/mol. The molecule has 0 aliphatic heterocycles. The molecule has 0 saturated heterocycles. The van der Waals surface area contributed by atoms with Gasteiger partial charge in [0.05, 0.1) is 0 Å². The molecule has 1 aromatic heterocycles. The van der Waals surface area contributed by atoms with Crippen LogP contribution >= 0.6 is 0 Å². The second-order valence-corrected chi connectivity index (χ2v) is 4.65. The summed E-state index contributed by atoms with van der Waals surface area (Å²) in [6.45, 7) is 0.409. The zero-order chi connectivity index (χ0) is 13.1. The Bertz CT molecular complexity index is 569. The average Bonchev–Trinajstić information content (AvgIpc) is 3.22. The molecule has 2 N–H and O–H groups in total. The van der Waals surface area contributed by atoms with Gasteiger partial charge >= 0.3 is 0 Å². The maximum absolute atomic E-state index is 13.5. The van der Waals surface area contributed by atoms with E-state index in [1.54, 1.807) is 12.1 Å². The van der Waals surface area contributed by atoms with Crippen molar-refractivity contribution in [1.29, 1.82) is 0 Å². The number of anilines is 2. The SMILES string of the molecule is Fc1ccccc1CNc1cc(NC2CC2)ncn1. The van der Waals surface area contributed by atoms with Gasteiger partial charge in [-0.05, 0) is 18.9 Å². The third-order valence-electron chi connectivity index (χ3n) is 3.01. The Morgan fingerprint density at radius 2 is 1.95 bits per heavy atom. The van der Waals surface area contributed by atoms with Gasteiger partial charge in [0.25, 0.3) is 0 Å². The summed E-state index contributed by atoms with van der Waals surface area (Å²) in [6.07, 6.45) is 3.90. The van der Waals surface area contributed by atoms with Crippen molar-refractivity contribution in [3.8, 4) is 0 Å². The number of hydrogen-bond donors (Lipinski definition) is 2. The summed E-state index contributed by atoms with van der Waals surface area (Å²) in [5.41, 5.74) is 0.623. The van der Waals surface area contributed by atoms with Crippen molar-refractivity contribution in [3.05, 3.63) is 48.0 Å². The standard InChI is InChI=1S/C14H15FN4/c15-12-4-2-1-3-10(12)8-16-13-7-14(18-9-17-13)19-11-5-6-11/h1-4,7,9,11H,5-6,8H2,(H2,16,17,18,19). The topological polar surface area (TPSA) is 49.8 Å². The van der Waals surface area contributed by atoms with Crippen molar-refractivity contribution in [2.24, 2.45) is 0 Å². The van der Waals surface area contributed by atoms with Crippen LogP contribution in [0.4, 0.5) is 16.0 Å². The molecule has 98 valence electrons. The van der Waals surface area contributed by atoms with Crippen LogP contribution in [-0.4, -0.2) is 16.0 Å². The molecule has 4 nitrogen and oxygen atoms in total. The maximum atomic E-state index is 13.5. The average molecular weight is 258 g/mol. The molecule has 5 heteroatoms. The van der Waals surface area contributed by atoms with E-state index in [2.05, 4.69) is 20.6 Å². The van der Waals surface area contributed by atoms with E-state index in [4.69, 9.17) is 0 Å². The minimum atomic E-state index is -0.208. The van der Waals surface area contributed by atoms with E-state index in [9.17, 15) is 4.39 Å². The lowest BCUT2D eigenvalue weighted by Crippen LogP contribution is -2.07. The van der Waals surface area contributed by atoms with E-state index < -0.39 is 0 Å². The van der Waals surface area contributed by atoms with Gasteiger partial charge in [-0.3, -0.25) is 0 Å². The van der Waals surface area contributed by atoms with Gasteiger partial charge in [-0.15, -0.1) is 0 Å². The fourth-order valence-corrected chi connectivity index (χ4v) is 1.80. The molecule has 0 atom stereocenters. The quantitative estimate of drug-likeness (QED) is 0.865. The smallest absolute Gasteiger partial charge is 0.131 e. The fourth-order valence-electron chi connectivity index (χ4n) is 1.80. The number of benzene rings is 1. The lowest BCUT2D eigenvalue weighted by atomic mass is 10.2. The molecule has 3 rings (SSSR count). The van der Waals surface area contributed by atoms with Crippen LogP contribution in [0.5, 0.6) is 0 Å². The first kappa shape index (κ1) is 11.9. The van der Waals surface area contributed by atoms with Gasteiger partial charge in [0.1, 0.15) is 23.8 Å². The van der Waals surface area contributed by atoms with Crippen LogP contribution in [0.2, 0.25) is 0 Å². The van der Waals surface area contributed by atoms with Crippen LogP contribution in [-0.2, 0) is 6.54 Å². The Balaban J connectivity index is 1.64. The van der Waals surface area contributed by atoms with Gasteiger partial charge in [-0.25, -0.2) is 14.4 Å². The van der Waals surface area contributed by atoms with Crippen molar-refractivity contribution >= 4 is 11.6 Å². The van der Waals surface area contributed by atoms with Crippen molar-refractivity contribution < 1.29 is 4.39 Å². The highest BCUT2D eigenvalue weighted by atomic mass is 19.1. The number of aromatic nitrogens is 2. The Morgan fingerprint density at radius 1 is 1.16 bits per heavy atom. The first-order valence-corrected chi connectivity index (χ1v) is 6.37. The second-order valence-electron chi connectivity index (χ2n) is 4.65. The molecule has 0 radical (unpaired) electrons. The highest BCUT2D eigenvalue weighted by Gasteiger charge is 2.21. The Morgan fingerprint density at radius 3 is 2.74 bits per heavy atom. The molecule has 19 heavy (non-hydrogen) atoms. The van der Waals surface area contributed by atoms with Gasteiger partial charge in [0, 0.05) is 24.2 Å². The van der Waals surface area contributed by atoms with Crippen molar-refractivity contribution in [1.82, 2.24) is 9.97 Å². The minimum Gasteiger partial charge on any atom is -0.367 e. The molecule has 0 bridgehead atoms. The highest BCUT2D eigenvalue weighted by Crippen LogP contribution is 2.24. The molecule has 1 fully saturated rings. The first-order valence-electron chi connectivity index (χ1n) is 6.37. The van der Waals surface area contributed by atoms with E-state index in [1.807, 2.05) is 12.1 Å². The molecule has 1 aromatic carbocycles. The van der Waals surface area contributed by atoms with Crippen molar-refractivity contribution in [2.75, 3.05) is 10.6 Å². The van der Waals surface area contributed by atoms with Crippen molar-refractivity contribution in [3.63, 3.8) is 0 Å². The van der Waals surface area contributed by atoms with Crippen molar-refractivity contribution in [2.45, 2.75) is 25.4 Å². The van der Waals surface area contributed by atoms with Gasteiger partial charge in [-0.1, -0.05) is 18.2 Å². The summed E-state index contributed by atoms with van der Waals surface area (Å²) in [5.74, 6) is 1.30. The fraction of sp³-hybridized carbons (Fsp3) is 0.286. The third kappa shape index (κ3) is 3.19. The van der Waals surface area contributed by atoms with E-state index in [0.29, 0.717) is 24.0 Å².